The molecule has 0 heterocycles. The standard InChI is InChI=1S/C7H16FN/c1-3-5-6-9(4-2)7-8/h3-7H2,1-2H3. The van der Waals surface area contributed by atoms with E-state index in [9.17, 15) is 4.39 Å². The van der Waals surface area contributed by atoms with Gasteiger partial charge in [-0.05, 0) is 13.0 Å². The van der Waals surface area contributed by atoms with E-state index in [1.165, 1.54) is 0 Å². The lowest BCUT2D eigenvalue weighted by atomic mass is 10.3. The van der Waals surface area contributed by atoms with Crippen LogP contribution in [0.2, 0.25) is 0 Å². The van der Waals surface area contributed by atoms with Gasteiger partial charge in [-0.1, -0.05) is 20.3 Å². The van der Waals surface area contributed by atoms with Crippen molar-refractivity contribution in [2.75, 3.05) is 19.9 Å². The molecule has 1 nitrogen and oxygen atoms in total. The van der Waals surface area contributed by atoms with Crippen molar-refractivity contribution in [3.05, 3.63) is 0 Å². The molecule has 0 aliphatic rings. The minimum atomic E-state index is -0.295. The van der Waals surface area contributed by atoms with Crippen molar-refractivity contribution in [1.82, 2.24) is 4.90 Å². The maximum absolute atomic E-state index is 11.9. The van der Waals surface area contributed by atoms with E-state index < -0.39 is 0 Å². The quantitative estimate of drug-likeness (QED) is 0.519. The normalized spacial score (nSPS) is 10.7. The Hall–Kier alpha value is -0.110. The highest BCUT2D eigenvalue weighted by molar-refractivity contribution is 4.47. The third kappa shape index (κ3) is 4.40. The molecule has 0 aliphatic carbocycles. The number of unbranched alkanes of at least 4 members (excludes halogenated alkanes) is 1. The first-order valence-electron chi connectivity index (χ1n) is 3.63. The van der Waals surface area contributed by atoms with Crippen molar-refractivity contribution in [1.29, 1.82) is 0 Å². The molecule has 0 saturated carbocycles. The lowest BCUT2D eigenvalue weighted by Crippen LogP contribution is -2.22. The Morgan fingerprint density at radius 3 is 2.33 bits per heavy atom. The van der Waals surface area contributed by atoms with Crippen LogP contribution in [0.15, 0.2) is 0 Å². The summed E-state index contributed by atoms with van der Waals surface area (Å²) in [5.41, 5.74) is 0. The number of hydrogen-bond acceptors (Lipinski definition) is 1. The summed E-state index contributed by atoms with van der Waals surface area (Å²) in [6, 6.07) is 0. The highest BCUT2D eigenvalue weighted by Gasteiger charge is 1.97. The zero-order valence-electron chi connectivity index (χ0n) is 6.36. The van der Waals surface area contributed by atoms with Crippen LogP contribution in [0.5, 0.6) is 0 Å². The van der Waals surface area contributed by atoms with Crippen LogP contribution >= 0.6 is 0 Å². The van der Waals surface area contributed by atoms with Gasteiger partial charge in [-0.25, -0.2) is 4.39 Å². The number of rotatable bonds is 5. The zero-order chi connectivity index (χ0) is 7.11. The predicted molar refractivity (Wildman–Crippen MR) is 38.1 cm³/mol. The van der Waals surface area contributed by atoms with Gasteiger partial charge in [0.15, 0.2) is 0 Å². The Morgan fingerprint density at radius 1 is 1.33 bits per heavy atom. The molecular weight excluding hydrogens is 117 g/mol. The second-order valence-corrected chi connectivity index (χ2v) is 2.18. The lowest BCUT2D eigenvalue weighted by molar-refractivity contribution is 0.192. The minimum Gasteiger partial charge on any atom is -0.277 e. The molecule has 56 valence electrons. The first-order valence-corrected chi connectivity index (χ1v) is 3.63. The monoisotopic (exact) mass is 133 g/mol. The fourth-order valence-electron chi connectivity index (χ4n) is 0.684. The first-order chi connectivity index (χ1) is 4.35. The van der Waals surface area contributed by atoms with Crippen molar-refractivity contribution >= 4 is 0 Å². The maximum atomic E-state index is 11.9. The average molecular weight is 133 g/mol. The Bertz CT molecular complexity index is 52.9. The Balaban J connectivity index is 3.09. The molecule has 0 aromatic rings. The summed E-state index contributed by atoms with van der Waals surface area (Å²) in [4.78, 5) is 1.80. The smallest absolute Gasteiger partial charge is 0.142 e. The van der Waals surface area contributed by atoms with Gasteiger partial charge in [0.05, 0.1) is 0 Å². The van der Waals surface area contributed by atoms with Gasteiger partial charge in [-0.3, -0.25) is 4.90 Å². The molecule has 0 radical (unpaired) electrons. The molecule has 0 rings (SSSR count). The van der Waals surface area contributed by atoms with E-state index in [-0.39, 0.29) is 6.80 Å². The third-order valence-corrected chi connectivity index (χ3v) is 1.44. The average Bonchev–Trinajstić information content (AvgIpc) is 1.91. The van der Waals surface area contributed by atoms with Gasteiger partial charge in [0.2, 0.25) is 0 Å². The van der Waals surface area contributed by atoms with E-state index >= 15 is 0 Å². The van der Waals surface area contributed by atoms with Crippen LogP contribution < -0.4 is 0 Å². The minimum absolute atomic E-state index is 0.295. The summed E-state index contributed by atoms with van der Waals surface area (Å²) >= 11 is 0. The molecule has 0 aliphatic heterocycles. The van der Waals surface area contributed by atoms with E-state index in [0.29, 0.717) is 0 Å². The van der Waals surface area contributed by atoms with Gasteiger partial charge in [0.1, 0.15) is 6.80 Å². The van der Waals surface area contributed by atoms with Crippen LogP contribution in [0.25, 0.3) is 0 Å². The maximum Gasteiger partial charge on any atom is 0.142 e. The lowest BCUT2D eigenvalue weighted by Gasteiger charge is -2.14. The van der Waals surface area contributed by atoms with Gasteiger partial charge >= 0.3 is 0 Å². The van der Waals surface area contributed by atoms with Crippen molar-refractivity contribution in [3.8, 4) is 0 Å². The molecule has 0 N–H and O–H groups in total. The van der Waals surface area contributed by atoms with Gasteiger partial charge < -0.3 is 0 Å². The fraction of sp³-hybridized carbons (Fsp3) is 1.00. The number of halogens is 1. The molecule has 0 unspecified atom stereocenters. The van der Waals surface area contributed by atoms with Gasteiger partial charge in [0, 0.05) is 6.54 Å². The first kappa shape index (κ1) is 8.89. The summed E-state index contributed by atoms with van der Waals surface area (Å²) in [6.07, 6.45) is 2.26. The van der Waals surface area contributed by atoms with Crippen LogP contribution in [0.3, 0.4) is 0 Å². The SMILES string of the molecule is CCCCN(CC)CF. The van der Waals surface area contributed by atoms with Crippen LogP contribution in [-0.4, -0.2) is 24.8 Å². The van der Waals surface area contributed by atoms with Crippen LogP contribution in [-0.2, 0) is 0 Å². The van der Waals surface area contributed by atoms with Crippen LogP contribution in [0, 0.1) is 0 Å². The molecule has 0 saturated heterocycles. The predicted octanol–water partition coefficient (Wildman–Crippen LogP) is 2.04. The number of hydrogen-bond donors (Lipinski definition) is 0. The second-order valence-electron chi connectivity index (χ2n) is 2.18. The summed E-state index contributed by atoms with van der Waals surface area (Å²) in [7, 11) is 0. The van der Waals surface area contributed by atoms with Crippen molar-refractivity contribution in [2.45, 2.75) is 26.7 Å². The zero-order valence-corrected chi connectivity index (χ0v) is 6.36. The van der Waals surface area contributed by atoms with Crippen LogP contribution in [0.4, 0.5) is 4.39 Å². The Labute approximate surface area is 56.9 Å². The Morgan fingerprint density at radius 2 is 2.00 bits per heavy atom. The highest BCUT2D eigenvalue weighted by Crippen LogP contribution is 1.93. The molecule has 9 heavy (non-hydrogen) atoms. The Kier molecular flexibility index (Phi) is 5.94. The van der Waals surface area contributed by atoms with E-state index in [0.717, 1.165) is 25.9 Å². The van der Waals surface area contributed by atoms with Gasteiger partial charge in [0.25, 0.3) is 0 Å². The largest absolute Gasteiger partial charge is 0.277 e. The van der Waals surface area contributed by atoms with Crippen molar-refractivity contribution in [3.63, 3.8) is 0 Å². The fourth-order valence-corrected chi connectivity index (χ4v) is 0.684. The molecule has 0 spiro atoms. The molecule has 0 amide bonds. The number of nitrogens with zero attached hydrogens (tertiary/aromatic N) is 1. The number of alkyl halides is 1. The van der Waals surface area contributed by atoms with E-state index in [1.54, 1.807) is 4.90 Å². The van der Waals surface area contributed by atoms with E-state index in [4.69, 9.17) is 0 Å². The summed E-state index contributed by atoms with van der Waals surface area (Å²) in [5, 5.41) is 0. The molecule has 0 bridgehead atoms. The molecule has 0 aromatic heterocycles. The topological polar surface area (TPSA) is 3.24 Å². The van der Waals surface area contributed by atoms with Crippen LogP contribution in [0.1, 0.15) is 26.7 Å². The third-order valence-electron chi connectivity index (χ3n) is 1.44. The van der Waals surface area contributed by atoms with E-state index in [1.807, 2.05) is 6.92 Å². The summed E-state index contributed by atoms with van der Waals surface area (Å²) in [6.45, 7) is 5.54. The molecule has 0 fully saturated rings. The highest BCUT2D eigenvalue weighted by atomic mass is 19.1. The molecular formula is C7H16FN. The molecule has 0 atom stereocenters. The van der Waals surface area contributed by atoms with E-state index in [2.05, 4.69) is 6.92 Å². The van der Waals surface area contributed by atoms with Crippen molar-refractivity contribution in [2.24, 2.45) is 0 Å². The summed E-state index contributed by atoms with van der Waals surface area (Å²) < 4.78 is 11.9. The molecule has 2 heteroatoms. The summed E-state index contributed by atoms with van der Waals surface area (Å²) in [5.74, 6) is 0. The molecule has 0 aromatic carbocycles. The second kappa shape index (κ2) is 6.02. The van der Waals surface area contributed by atoms with Gasteiger partial charge in [-0.2, -0.15) is 0 Å². The van der Waals surface area contributed by atoms with Gasteiger partial charge in [-0.15, -0.1) is 0 Å². The van der Waals surface area contributed by atoms with Crippen molar-refractivity contribution < 1.29 is 4.39 Å².